The molecule has 0 saturated carbocycles. The highest BCUT2D eigenvalue weighted by Gasteiger charge is 2.17. The molecule has 21 heavy (non-hydrogen) atoms. The molecule has 6 heteroatoms. The van der Waals surface area contributed by atoms with Crippen LogP contribution < -0.4 is 10.6 Å². The van der Waals surface area contributed by atoms with Gasteiger partial charge in [0.15, 0.2) is 5.65 Å². The topological polar surface area (TPSA) is 78.5 Å². The Morgan fingerprint density at radius 3 is 3.14 bits per heavy atom. The third kappa shape index (κ3) is 2.34. The van der Waals surface area contributed by atoms with E-state index in [9.17, 15) is 0 Å². The number of H-pyrrole nitrogens is 1. The van der Waals surface area contributed by atoms with Crippen molar-refractivity contribution < 1.29 is 0 Å². The van der Waals surface area contributed by atoms with Crippen LogP contribution in [0.3, 0.4) is 0 Å². The number of fused-ring (bicyclic) bond motifs is 1. The second kappa shape index (κ2) is 5.14. The Kier molecular flexibility index (Phi) is 3.01. The minimum atomic E-state index is 0.419. The molecule has 1 saturated heterocycles. The number of hydrogen-bond donors (Lipinski definition) is 3. The van der Waals surface area contributed by atoms with Gasteiger partial charge in [-0.15, -0.1) is 0 Å². The Morgan fingerprint density at radius 2 is 2.24 bits per heavy atom. The highest BCUT2D eigenvalue weighted by molar-refractivity contribution is 5.78. The highest BCUT2D eigenvalue weighted by atomic mass is 15.1. The van der Waals surface area contributed by atoms with Gasteiger partial charge in [-0.1, -0.05) is 0 Å². The van der Waals surface area contributed by atoms with E-state index in [0.717, 1.165) is 47.7 Å². The standard InChI is InChI=1S/C15H16N6/c1-2-11(13-9-19-15-12(21-13)4-7-18-15)14(17-5-1)20-10-3-6-16-8-10/h1-2,4-5,7,9-10,16H,3,6,8H2,(H,17,20)(H,18,19)/t10-/m1/s1. The van der Waals surface area contributed by atoms with Crippen molar-refractivity contribution in [2.24, 2.45) is 0 Å². The molecule has 0 radical (unpaired) electrons. The van der Waals surface area contributed by atoms with E-state index in [0.29, 0.717) is 6.04 Å². The molecule has 0 spiro atoms. The van der Waals surface area contributed by atoms with Crippen LogP contribution in [0.4, 0.5) is 5.82 Å². The van der Waals surface area contributed by atoms with Gasteiger partial charge in [0.2, 0.25) is 0 Å². The zero-order valence-electron chi connectivity index (χ0n) is 11.5. The number of hydrogen-bond acceptors (Lipinski definition) is 5. The predicted molar refractivity (Wildman–Crippen MR) is 82.0 cm³/mol. The second-order valence-corrected chi connectivity index (χ2v) is 5.20. The van der Waals surface area contributed by atoms with E-state index >= 15 is 0 Å². The Balaban J connectivity index is 1.72. The number of pyridine rings is 1. The van der Waals surface area contributed by atoms with E-state index in [1.807, 2.05) is 24.4 Å². The fourth-order valence-electron chi connectivity index (χ4n) is 2.66. The molecular weight excluding hydrogens is 264 g/mol. The first-order valence-electron chi connectivity index (χ1n) is 7.13. The zero-order valence-corrected chi connectivity index (χ0v) is 11.5. The van der Waals surface area contributed by atoms with Gasteiger partial charge in [0.05, 0.1) is 11.9 Å². The first kappa shape index (κ1) is 12.3. The number of aromatic nitrogens is 4. The summed E-state index contributed by atoms with van der Waals surface area (Å²) < 4.78 is 0. The maximum atomic E-state index is 4.65. The molecule has 0 aromatic carbocycles. The summed E-state index contributed by atoms with van der Waals surface area (Å²) in [6.45, 7) is 2.02. The van der Waals surface area contributed by atoms with Gasteiger partial charge in [-0.25, -0.2) is 15.0 Å². The molecular formula is C15H16N6. The fraction of sp³-hybridized carbons (Fsp3) is 0.267. The third-order valence-electron chi connectivity index (χ3n) is 3.75. The van der Waals surface area contributed by atoms with Crippen LogP contribution in [0, 0.1) is 0 Å². The summed E-state index contributed by atoms with van der Waals surface area (Å²) in [7, 11) is 0. The van der Waals surface area contributed by atoms with Gasteiger partial charge in [-0.2, -0.15) is 0 Å². The summed E-state index contributed by atoms with van der Waals surface area (Å²) in [5.41, 5.74) is 3.49. The molecule has 0 unspecified atom stereocenters. The van der Waals surface area contributed by atoms with Crippen molar-refractivity contribution in [1.29, 1.82) is 0 Å². The van der Waals surface area contributed by atoms with Crippen molar-refractivity contribution in [3.63, 3.8) is 0 Å². The molecule has 106 valence electrons. The third-order valence-corrected chi connectivity index (χ3v) is 3.75. The number of anilines is 1. The summed E-state index contributed by atoms with van der Waals surface area (Å²) in [5.74, 6) is 0.871. The van der Waals surface area contributed by atoms with Gasteiger partial charge in [0.1, 0.15) is 11.3 Å². The lowest BCUT2D eigenvalue weighted by Gasteiger charge is -2.15. The monoisotopic (exact) mass is 280 g/mol. The van der Waals surface area contributed by atoms with Crippen molar-refractivity contribution in [1.82, 2.24) is 25.3 Å². The average molecular weight is 280 g/mol. The van der Waals surface area contributed by atoms with Gasteiger partial charge in [0.25, 0.3) is 0 Å². The smallest absolute Gasteiger partial charge is 0.156 e. The van der Waals surface area contributed by atoms with E-state index in [4.69, 9.17) is 0 Å². The van der Waals surface area contributed by atoms with Crippen LogP contribution in [-0.2, 0) is 0 Å². The summed E-state index contributed by atoms with van der Waals surface area (Å²) in [5, 5.41) is 6.85. The molecule has 4 heterocycles. The van der Waals surface area contributed by atoms with Gasteiger partial charge >= 0.3 is 0 Å². The maximum absolute atomic E-state index is 4.65. The number of rotatable bonds is 3. The van der Waals surface area contributed by atoms with Crippen molar-refractivity contribution >= 4 is 17.0 Å². The largest absolute Gasteiger partial charge is 0.365 e. The van der Waals surface area contributed by atoms with Crippen LogP contribution in [0.2, 0.25) is 0 Å². The molecule has 1 aliphatic rings. The molecule has 0 amide bonds. The average Bonchev–Trinajstić information content (AvgIpc) is 3.18. The van der Waals surface area contributed by atoms with Crippen LogP contribution >= 0.6 is 0 Å². The quantitative estimate of drug-likeness (QED) is 0.682. The molecule has 3 aromatic rings. The minimum absolute atomic E-state index is 0.419. The lowest BCUT2D eigenvalue weighted by molar-refractivity contribution is 0.788. The Bertz CT molecular complexity index is 759. The van der Waals surface area contributed by atoms with Crippen molar-refractivity contribution in [2.45, 2.75) is 12.5 Å². The van der Waals surface area contributed by atoms with E-state index < -0.39 is 0 Å². The van der Waals surface area contributed by atoms with Gasteiger partial charge in [-0.3, -0.25) is 0 Å². The van der Waals surface area contributed by atoms with Gasteiger partial charge in [0, 0.05) is 30.5 Å². The normalized spacial score (nSPS) is 18.2. The molecule has 1 fully saturated rings. The molecule has 0 aliphatic carbocycles. The number of aromatic amines is 1. The summed E-state index contributed by atoms with van der Waals surface area (Å²) in [6.07, 6.45) is 6.55. The van der Waals surface area contributed by atoms with Crippen molar-refractivity contribution in [2.75, 3.05) is 18.4 Å². The lowest BCUT2D eigenvalue weighted by Crippen LogP contribution is -2.23. The van der Waals surface area contributed by atoms with Crippen molar-refractivity contribution in [3.05, 3.63) is 36.8 Å². The predicted octanol–water partition coefficient (Wildman–Crippen LogP) is 1.79. The Morgan fingerprint density at radius 1 is 1.24 bits per heavy atom. The van der Waals surface area contributed by atoms with E-state index in [-0.39, 0.29) is 0 Å². The second-order valence-electron chi connectivity index (χ2n) is 5.20. The summed E-state index contributed by atoms with van der Waals surface area (Å²) >= 11 is 0. The molecule has 3 N–H and O–H groups in total. The van der Waals surface area contributed by atoms with E-state index in [1.165, 1.54) is 0 Å². The fourth-order valence-corrected chi connectivity index (χ4v) is 2.66. The first-order valence-corrected chi connectivity index (χ1v) is 7.13. The van der Waals surface area contributed by atoms with Crippen LogP contribution in [0.15, 0.2) is 36.8 Å². The van der Waals surface area contributed by atoms with Gasteiger partial charge in [-0.05, 0) is 31.2 Å². The summed E-state index contributed by atoms with van der Waals surface area (Å²) in [4.78, 5) is 16.6. The van der Waals surface area contributed by atoms with Crippen molar-refractivity contribution in [3.8, 4) is 11.3 Å². The van der Waals surface area contributed by atoms with Crippen LogP contribution in [0.25, 0.3) is 22.4 Å². The molecule has 1 aliphatic heterocycles. The molecule has 4 rings (SSSR count). The van der Waals surface area contributed by atoms with E-state index in [2.05, 4.69) is 30.6 Å². The highest BCUT2D eigenvalue weighted by Crippen LogP contribution is 2.26. The van der Waals surface area contributed by atoms with Gasteiger partial charge < -0.3 is 15.6 Å². The lowest BCUT2D eigenvalue weighted by atomic mass is 10.1. The molecule has 1 atom stereocenters. The SMILES string of the molecule is c1cnc(N[C@@H]2CCNC2)c(-c2cnc3[nH]ccc3n2)c1. The van der Waals surface area contributed by atoms with Crippen LogP contribution in [0.5, 0.6) is 0 Å². The van der Waals surface area contributed by atoms with E-state index in [1.54, 1.807) is 12.4 Å². The molecule has 6 nitrogen and oxygen atoms in total. The Hall–Kier alpha value is -2.47. The number of nitrogens with zero attached hydrogens (tertiary/aromatic N) is 3. The molecule has 0 bridgehead atoms. The molecule has 3 aromatic heterocycles. The summed E-state index contributed by atoms with van der Waals surface area (Å²) in [6, 6.07) is 6.30. The van der Waals surface area contributed by atoms with Crippen LogP contribution in [0.1, 0.15) is 6.42 Å². The van der Waals surface area contributed by atoms with Crippen LogP contribution in [-0.4, -0.2) is 39.1 Å². The minimum Gasteiger partial charge on any atom is -0.365 e. The number of nitrogens with one attached hydrogen (secondary N) is 3. The zero-order chi connectivity index (χ0) is 14.1. The Labute approximate surface area is 122 Å². The maximum Gasteiger partial charge on any atom is 0.156 e. The first-order chi connectivity index (χ1) is 10.4.